The molecule has 5 N–H and O–H groups in total. The number of urea groups is 1. The van der Waals surface area contributed by atoms with Crippen LogP contribution in [0, 0.1) is 26.2 Å². The summed E-state index contributed by atoms with van der Waals surface area (Å²) in [6, 6.07) is 21.5. The summed E-state index contributed by atoms with van der Waals surface area (Å²) in [5.41, 5.74) is 8.31. The lowest BCUT2D eigenvalue weighted by molar-refractivity contribution is -0.144. The smallest absolute Gasteiger partial charge is 0.319 e. The van der Waals surface area contributed by atoms with Crippen LogP contribution in [-0.4, -0.2) is 128 Å². The van der Waals surface area contributed by atoms with E-state index in [0.717, 1.165) is 33.0 Å². The molecule has 4 atom stereocenters. The van der Waals surface area contributed by atoms with Gasteiger partial charge in [0.25, 0.3) is 5.91 Å². The highest BCUT2D eigenvalue weighted by atomic mass is 32.2. The number of rotatable bonds is 19. The first-order chi connectivity index (χ1) is 38.2. The maximum absolute atomic E-state index is 14.2. The van der Waals surface area contributed by atoms with Crippen LogP contribution < -0.4 is 21.3 Å². The molecule has 3 aromatic carbocycles. The number of benzene rings is 3. The Labute approximate surface area is 470 Å². The Bertz CT molecular complexity index is 3300. The fourth-order valence-corrected chi connectivity index (χ4v) is 11.9. The van der Waals surface area contributed by atoms with E-state index in [-0.39, 0.29) is 74.2 Å². The summed E-state index contributed by atoms with van der Waals surface area (Å²) in [6.45, 7) is 14.6. The number of nitrogens with one attached hydrogen (secondary N) is 4. The fraction of sp³-hybridized carbons (Fsp3) is 0.404. The Morgan fingerprint density at radius 2 is 1.52 bits per heavy atom. The zero-order chi connectivity index (χ0) is 57.3. The summed E-state index contributed by atoms with van der Waals surface area (Å²) in [6.07, 6.45) is 3.74. The lowest BCUT2D eigenvalue weighted by atomic mass is 9.85. The molecule has 6 amide bonds. The van der Waals surface area contributed by atoms with Crippen LogP contribution in [0.5, 0.6) is 0 Å². The number of hydrogen-bond acceptors (Lipinski definition) is 14. The number of unbranched alkanes of at least 4 members (excludes halogenated alkanes) is 1. The second-order valence-corrected chi connectivity index (χ2v) is 24.0. The average molecular weight is 1130 g/mol. The van der Waals surface area contributed by atoms with E-state index in [4.69, 9.17) is 0 Å². The van der Waals surface area contributed by atoms with Crippen LogP contribution in [0.2, 0.25) is 0 Å². The molecule has 80 heavy (non-hydrogen) atoms. The second kappa shape index (κ2) is 25.6. The Kier molecular flexibility index (Phi) is 18.7. The number of nitrogens with zero attached hydrogens (tertiary/aromatic N) is 9. The zero-order valence-corrected chi connectivity index (χ0v) is 47.7. The van der Waals surface area contributed by atoms with Crippen LogP contribution in [0.15, 0.2) is 118 Å². The number of carbonyl (C=O) groups is 5. The Hall–Kier alpha value is -7.73. The van der Waals surface area contributed by atoms with Crippen molar-refractivity contribution in [3.63, 3.8) is 0 Å². The standard InChI is InChI=1S/C57H69N13O8S2/c1-36(41-11-13-42(14-12-41)51-38(3)60-35-79-51)61-53(73)48-32-46(71)34-69(48)55(75)52(57(5,6)7)63-49(72)10-8-9-27-70-39(4)50(37(2)66-70)65-64-45-17-15-43(16-18-45)54(74)67-28-30-68(31-29-67)80(77,78)47-21-19-44(20-22-47)62-56(76)59-33-40-23-25-58-26-24-40/h11-26,35-36,46,48,52,71H,8-10,27-34H2,1-7H3,(H,61,73)(H,63,72)(H2,59,62,76)/t36-,46+,48-,52+/m0/s1. The van der Waals surface area contributed by atoms with Gasteiger partial charge in [-0.25, -0.2) is 18.2 Å². The number of sulfonamides is 1. The maximum Gasteiger partial charge on any atom is 0.319 e. The molecule has 0 aliphatic carbocycles. The Balaban J connectivity index is 0.772. The normalized spacial score (nSPS) is 16.8. The van der Waals surface area contributed by atoms with Crippen molar-refractivity contribution in [1.29, 1.82) is 0 Å². The van der Waals surface area contributed by atoms with Crippen molar-refractivity contribution in [2.24, 2.45) is 15.6 Å². The van der Waals surface area contributed by atoms with Crippen LogP contribution in [0.25, 0.3) is 10.4 Å². The summed E-state index contributed by atoms with van der Waals surface area (Å²) in [5, 5.41) is 35.7. The fourth-order valence-electron chi connectivity index (χ4n) is 9.66. The molecule has 0 unspecified atom stereocenters. The van der Waals surface area contributed by atoms with E-state index < -0.39 is 45.6 Å². The number of hydrogen-bond donors (Lipinski definition) is 5. The number of azo groups is 1. The number of likely N-dealkylation sites (tertiary alicyclic amines) is 1. The van der Waals surface area contributed by atoms with Gasteiger partial charge in [-0.1, -0.05) is 45.0 Å². The van der Waals surface area contributed by atoms with E-state index >= 15 is 0 Å². The predicted molar refractivity (Wildman–Crippen MR) is 304 cm³/mol. The second-order valence-electron chi connectivity index (χ2n) is 21.2. The number of aryl methyl sites for hydroxylation is 3. The highest BCUT2D eigenvalue weighted by Gasteiger charge is 2.45. The van der Waals surface area contributed by atoms with E-state index in [1.165, 1.54) is 33.5 Å². The summed E-state index contributed by atoms with van der Waals surface area (Å²) < 4.78 is 30.2. The van der Waals surface area contributed by atoms with E-state index in [1.54, 1.807) is 65.0 Å². The average Bonchev–Trinajstić information content (AvgIpc) is 4.19. The van der Waals surface area contributed by atoms with Crippen molar-refractivity contribution in [3.8, 4) is 10.4 Å². The third kappa shape index (κ3) is 14.4. The Morgan fingerprint density at radius 3 is 2.17 bits per heavy atom. The van der Waals surface area contributed by atoms with Crippen LogP contribution >= 0.6 is 11.3 Å². The van der Waals surface area contributed by atoms with Gasteiger partial charge >= 0.3 is 6.03 Å². The number of anilines is 1. The van der Waals surface area contributed by atoms with Crippen LogP contribution in [-0.2, 0) is 37.5 Å². The van der Waals surface area contributed by atoms with E-state index in [1.807, 2.05) is 82.9 Å². The lowest BCUT2D eigenvalue weighted by Gasteiger charge is -2.35. The molecule has 2 aliphatic rings. The Morgan fingerprint density at radius 1 is 0.838 bits per heavy atom. The molecular formula is C57H69N13O8S2. The number of β-amino-alcohol motifs (C(OH)–C–C–N with tert-alkyl or cyclic N) is 1. The van der Waals surface area contributed by atoms with Gasteiger partial charge in [-0.05, 0) is 123 Å². The number of aliphatic hydroxyl groups excluding tert-OH is 1. The van der Waals surface area contributed by atoms with Gasteiger partial charge in [0.1, 0.15) is 17.8 Å². The zero-order valence-electron chi connectivity index (χ0n) is 46.0. The SMILES string of the molecule is Cc1ncsc1-c1ccc([C@H](C)NC(=O)[C@@H]2C[C@@H](O)CN2C(=O)[C@@H](NC(=O)CCCCn2nc(C)c(N=Nc3ccc(C(=O)N4CCN(S(=O)(=O)c5ccc(NC(=O)NCc6ccncc6)cc5)CC4)cc3)c2C)C(C)(C)C)cc1. The molecule has 8 rings (SSSR count). The molecule has 21 nitrogen and oxygen atoms in total. The molecule has 2 saturated heterocycles. The van der Waals surface area contributed by atoms with Gasteiger partial charge in [-0.15, -0.1) is 16.5 Å². The van der Waals surface area contributed by atoms with Crippen molar-refractivity contribution in [2.45, 2.75) is 116 Å². The molecule has 2 fully saturated rings. The first-order valence-electron chi connectivity index (χ1n) is 26.6. The van der Waals surface area contributed by atoms with Crippen molar-refractivity contribution >= 4 is 68.1 Å². The van der Waals surface area contributed by atoms with Gasteiger partial charge in [-0.2, -0.15) is 14.5 Å². The molecule has 0 bridgehead atoms. The minimum atomic E-state index is -3.85. The molecule has 0 radical (unpaired) electrons. The highest BCUT2D eigenvalue weighted by Crippen LogP contribution is 2.31. The molecule has 2 aliphatic heterocycles. The van der Waals surface area contributed by atoms with Crippen molar-refractivity contribution in [1.82, 2.24) is 49.8 Å². The highest BCUT2D eigenvalue weighted by molar-refractivity contribution is 7.89. The number of piperazine rings is 1. The van der Waals surface area contributed by atoms with Crippen LogP contribution in [0.1, 0.15) is 98.0 Å². The number of carbonyl (C=O) groups excluding carboxylic acids is 5. The first kappa shape index (κ1) is 58.4. The molecular weight excluding hydrogens is 1060 g/mol. The topological polar surface area (TPSA) is 266 Å². The van der Waals surface area contributed by atoms with E-state index in [0.29, 0.717) is 54.3 Å². The summed E-state index contributed by atoms with van der Waals surface area (Å²) in [5.74, 6) is -1.33. The lowest BCUT2D eigenvalue weighted by Crippen LogP contribution is -2.57. The summed E-state index contributed by atoms with van der Waals surface area (Å²) in [4.78, 5) is 79.8. The molecule has 6 aromatic rings. The molecule has 23 heteroatoms. The number of aromatic nitrogens is 4. The number of thiazole rings is 1. The van der Waals surface area contributed by atoms with Crippen molar-refractivity contribution in [3.05, 3.63) is 137 Å². The largest absolute Gasteiger partial charge is 0.391 e. The maximum atomic E-state index is 14.2. The van der Waals surface area contributed by atoms with Gasteiger partial charge in [-0.3, -0.25) is 28.8 Å². The van der Waals surface area contributed by atoms with Gasteiger partial charge in [0.2, 0.25) is 27.7 Å². The molecule has 5 heterocycles. The minimum Gasteiger partial charge on any atom is -0.391 e. The van der Waals surface area contributed by atoms with Gasteiger partial charge < -0.3 is 36.2 Å². The summed E-state index contributed by atoms with van der Waals surface area (Å²) in [7, 11) is -3.85. The van der Waals surface area contributed by atoms with Crippen LogP contribution in [0.3, 0.4) is 0 Å². The number of pyridine rings is 1. The minimum absolute atomic E-state index is 0.0228. The molecule has 3 aromatic heterocycles. The van der Waals surface area contributed by atoms with Gasteiger partial charge in [0.05, 0.1) is 50.2 Å². The van der Waals surface area contributed by atoms with Crippen LogP contribution in [0.4, 0.5) is 21.9 Å². The molecule has 422 valence electrons. The molecule has 0 saturated carbocycles. The van der Waals surface area contributed by atoms with Gasteiger partial charge in [0.15, 0.2) is 0 Å². The first-order valence-corrected chi connectivity index (χ1v) is 29.0. The number of aliphatic hydroxyl groups is 1. The third-order valence-corrected chi connectivity index (χ3v) is 17.2. The van der Waals surface area contributed by atoms with E-state index in [2.05, 4.69) is 46.6 Å². The predicted octanol–water partition coefficient (Wildman–Crippen LogP) is 7.75. The van der Waals surface area contributed by atoms with Crippen molar-refractivity contribution < 1.29 is 37.5 Å². The van der Waals surface area contributed by atoms with Gasteiger partial charge in [0, 0.05) is 82.3 Å². The molecule has 0 spiro atoms. The summed E-state index contributed by atoms with van der Waals surface area (Å²) >= 11 is 1.57. The monoisotopic (exact) mass is 1130 g/mol. The van der Waals surface area contributed by atoms with Crippen molar-refractivity contribution in [2.75, 3.05) is 38.0 Å². The quantitative estimate of drug-likeness (QED) is 0.0387. The third-order valence-electron chi connectivity index (χ3n) is 14.3. The number of amides is 6. The van der Waals surface area contributed by atoms with E-state index in [9.17, 15) is 37.5 Å².